The summed E-state index contributed by atoms with van der Waals surface area (Å²) in [7, 11) is 0. The van der Waals surface area contributed by atoms with Gasteiger partial charge in [0, 0.05) is 22.8 Å². The third kappa shape index (κ3) is 2.93. The molecule has 0 atom stereocenters. The van der Waals surface area contributed by atoms with Crippen molar-refractivity contribution < 1.29 is 4.79 Å². The maximum Gasteiger partial charge on any atom is 0.248 e. The lowest BCUT2D eigenvalue weighted by molar-refractivity contribution is 0.100. The molecule has 0 aliphatic carbocycles. The molecule has 4 rings (SSSR count). The van der Waals surface area contributed by atoms with E-state index in [2.05, 4.69) is 20.5 Å². The molecule has 0 radical (unpaired) electrons. The van der Waals surface area contributed by atoms with Crippen molar-refractivity contribution in [1.82, 2.24) is 15.2 Å². The summed E-state index contributed by atoms with van der Waals surface area (Å²) < 4.78 is 0. The Morgan fingerprint density at radius 1 is 1.04 bits per heavy atom. The van der Waals surface area contributed by atoms with Crippen molar-refractivity contribution in [2.75, 3.05) is 11.1 Å². The average Bonchev–Trinajstić information content (AvgIpc) is 3.03. The normalized spacial score (nSPS) is 10.8. The maximum atomic E-state index is 11.3. The van der Waals surface area contributed by atoms with Crippen molar-refractivity contribution in [3.63, 3.8) is 0 Å². The number of carbonyl (C=O) groups excluding carboxylic acids is 1. The van der Waals surface area contributed by atoms with Crippen LogP contribution < -0.4 is 16.8 Å². The summed E-state index contributed by atoms with van der Waals surface area (Å²) in [6, 6.07) is 16.7. The predicted octanol–water partition coefficient (Wildman–Crippen LogP) is 3.05. The average molecular weight is 344 g/mol. The maximum absolute atomic E-state index is 11.3. The number of nitrogen functional groups attached to an aromatic ring is 1. The number of anilines is 3. The van der Waals surface area contributed by atoms with Crippen LogP contribution in [-0.4, -0.2) is 21.1 Å². The molecule has 2 heterocycles. The topological polar surface area (TPSA) is 123 Å². The van der Waals surface area contributed by atoms with Gasteiger partial charge in [0.2, 0.25) is 5.91 Å². The summed E-state index contributed by atoms with van der Waals surface area (Å²) in [5.74, 6) is 0.656. The number of aromatic amines is 1. The molecule has 6 N–H and O–H groups in total. The van der Waals surface area contributed by atoms with E-state index in [-0.39, 0.29) is 0 Å². The van der Waals surface area contributed by atoms with Gasteiger partial charge in [-0.15, -0.1) is 0 Å². The molecule has 0 unspecified atom stereocenters. The highest BCUT2D eigenvalue weighted by molar-refractivity contribution is 5.94. The number of nitrogens with two attached hydrogens (primary N) is 2. The van der Waals surface area contributed by atoms with Gasteiger partial charge < -0.3 is 16.8 Å². The van der Waals surface area contributed by atoms with Gasteiger partial charge in [0.15, 0.2) is 5.82 Å². The molecule has 0 aliphatic rings. The number of amides is 1. The molecule has 128 valence electrons. The van der Waals surface area contributed by atoms with E-state index in [1.54, 1.807) is 24.4 Å². The number of nitrogens with one attached hydrogen (secondary N) is 2. The van der Waals surface area contributed by atoms with Crippen LogP contribution in [0.5, 0.6) is 0 Å². The highest BCUT2D eigenvalue weighted by Crippen LogP contribution is 2.28. The summed E-state index contributed by atoms with van der Waals surface area (Å²) in [5.41, 5.74) is 15.3. The Bertz CT molecular complexity index is 1120. The summed E-state index contributed by atoms with van der Waals surface area (Å²) in [4.78, 5) is 15.7. The number of primary amides is 1. The van der Waals surface area contributed by atoms with Gasteiger partial charge in [-0.1, -0.05) is 12.1 Å². The van der Waals surface area contributed by atoms with Gasteiger partial charge in [-0.3, -0.25) is 9.89 Å². The van der Waals surface area contributed by atoms with Crippen molar-refractivity contribution in [1.29, 1.82) is 0 Å². The van der Waals surface area contributed by atoms with E-state index in [0.29, 0.717) is 17.2 Å². The zero-order chi connectivity index (χ0) is 18.1. The van der Waals surface area contributed by atoms with Crippen LogP contribution >= 0.6 is 0 Å². The minimum Gasteiger partial charge on any atom is -0.382 e. The zero-order valence-corrected chi connectivity index (χ0v) is 13.7. The first kappa shape index (κ1) is 15.6. The Hall–Kier alpha value is -3.87. The molecule has 7 heteroatoms. The number of hydrogen-bond donors (Lipinski definition) is 4. The number of fused-ring (bicyclic) bond motifs is 1. The van der Waals surface area contributed by atoms with Crippen LogP contribution in [0.2, 0.25) is 0 Å². The standard InChI is InChI=1S/C19H16N6O/c20-18-15-9-11(4-5-16(15)24-25-18)12-6-7-22-17(10-12)23-14-3-1-2-13(8-14)19(21)26/h1-10H,(H2,21,26)(H,22,23)(H3,20,24,25). The lowest BCUT2D eigenvalue weighted by atomic mass is 10.0. The zero-order valence-electron chi connectivity index (χ0n) is 13.7. The molecule has 0 spiro atoms. The van der Waals surface area contributed by atoms with E-state index in [1.807, 2.05) is 36.4 Å². The largest absolute Gasteiger partial charge is 0.382 e. The Morgan fingerprint density at radius 3 is 2.73 bits per heavy atom. The van der Waals surface area contributed by atoms with Crippen LogP contribution in [0, 0.1) is 0 Å². The number of pyridine rings is 1. The van der Waals surface area contributed by atoms with Crippen molar-refractivity contribution in [2.45, 2.75) is 0 Å². The van der Waals surface area contributed by atoms with E-state index in [9.17, 15) is 4.79 Å². The fourth-order valence-corrected chi connectivity index (χ4v) is 2.79. The van der Waals surface area contributed by atoms with E-state index >= 15 is 0 Å². The third-order valence-electron chi connectivity index (χ3n) is 4.11. The lowest BCUT2D eigenvalue weighted by Gasteiger charge is -2.09. The smallest absolute Gasteiger partial charge is 0.248 e. The minimum absolute atomic E-state index is 0.437. The molecule has 7 nitrogen and oxygen atoms in total. The second-order valence-electron chi connectivity index (χ2n) is 5.87. The molecule has 0 aliphatic heterocycles. The van der Waals surface area contributed by atoms with Crippen LogP contribution in [0.1, 0.15) is 10.4 Å². The number of aromatic nitrogens is 3. The molecular weight excluding hydrogens is 328 g/mol. The highest BCUT2D eigenvalue weighted by Gasteiger charge is 2.07. The first-order valence-electron chi connectivity index (χ1n) is 7.97. The molecule has 26 heavy (non-hydrogen) atoms. The van der Waals surface area contributed by atoms with Gasteiger partial charge in [0.05, 0.1) is 5.52 Å². The van der Waals surface area contributed by atoms with Crippen LogP contribution in [0.3, 0.4) is 0 Å². The number of hydrogen-bond acceptors (Lipinski definition) is 5. The van der Waals surface area contributed by atoms with E-state index < -0.39 is 5.91 Å². The van der Waals surface area contributed by atoms with Crippen molar-refractivity contribution in [3.05, 3.63) is 66.4 Å². The van der Waals surface area contributed by atoms with Gasteiger partial charge in [0.1, 0.15) is 5.82 Å². The first-order valence-corrected chi connectivity index (χ1v) is 7.97. The molecule has 0 saturated heterocycles. The van der Waals surface area contributed by atoms with Crippen molar-refractivity contribution in [3.8, 4) is 11.1 Å². The highest BCUT2D eigenvalue weighted by atomic mass is 16.1. The van der Waals surface area contributed by atoms with Gasteiger partial charge in [-0.25, -0.2) is 4.98 Å². The number of H-pyrrole nitrogens is 1. The number of nitrogens with zero attached hydrogens (tertiary/aromatic N) is 2. The second-order valence-corrected chi connectivity index (χ2v) is 5.87. The lowest BCUT2D eigenvalue weighted by Crippen LogP contribution is -2.10. The fraction of sp³-hybridized carbons (Fsp3) is 0. The molecule has 0 bridgehead atoms. The van der Waals surface area contributed by atoms with E-state index in [0.717, 1.165) is 27.7 Å². The fourth-order valence-electron chi connectivity index (χ4n) is 2.79. The Kier molecular flexibility index (Phi) is 3.74. The summed E-state index contributed by atoms with van der Waals surface area (Å²) in [5, 5.41) is 11.0. The number of rotatable bonds is 4. The molecule has 2 aromatic heterocycles. The van der Waals surface area contributed by atoms with Gasteiger partial charge in [0.25, 0.3) is 0 Å². The van der Waals surface area contributed by atoms with Crippen LogP contribution in [-0.2, 0) is 0 Å². The molecule has 2 aromatic carbocycles. The first-order chi connectivity index (χ1) is 12.6. The molecule has 0 saturated carbocycles. The van der Waals surface area contributed by atoms with Crippen LogP contribution in [0.4, 0.5) is 17.3 Å². The number of benzene rings is 2. The summed E-state index contributed by atoms with van der Waals surface area (Å²) >= 11 is 0. The monoisotopic (exact) mass is 344 g/mol. The van der Waals surface area contributed by atoms with Gasteiger partial charge in [-0.2, -0.15) is 5.10 Å². The Morgan fingerprint density at radius 2 is 1.88 bits per heavy atom. The van der Waals surface area contributed by atoms with Crippen LogP contribution in [0.25, 0.3) is 22.0 Å². The number of carbonyl (C=O) groups is 1. The van der Waals surface area contributed by atoms with Gasteiger partial charge in [-0.05, 0) is 53.6 Å². The summed E-state index contributed by atoms with van der Waals surface area (Å²) in [6.45, 7) is 0. The van der Waals surface area contributed by atoms with Crippen molar-refractivity contribution >= 4 is 34.1 Å². The van der Waals surface area contributed by atoms with Crippen LogP contribution in [0.15, 0.2) is 60.8 Å². The predicted molar refractivity (Wildman–Crippen MR) is 102 cm³/mol. The minimum atomic E-state index is -0.471. The van der Waals surface area contributed by atoms with E-state index in [4.69, 9.17) is 11.5 Å². The quantitative estimate of drug-likeness (QED) is 0.453. The molecular formula is C19H16N6O. The van der Waals surface area contributed by atoms with E-state index in [1.165, 1.54) is 0 Å². The third-order valence-corrected chi connectivity index (χ3v) is 4.11. The molecule has 0 fully saturated rings. The van der Waals surface area contributed by atoms with Crippen molar-refractivity contribution in [2.24, 2.45) is 5.73 Å². The summed E-state index contributed by atoms with van der Waals surface area (Å²) in [6.07, 6.45) is 1.72. The second kappa shape index (κ2) is 6.21. The SMILES string of the molecule is NC(=O)c1cccc(Nc2cc(-c3ccc4[nH]nc(N)c4c3)ccn2)c1. The van der Waals surface area contributed by atoms with Gasteiger partial charge >= 0.3 is 0 Å². The Labute approximate surface area is 149 Å². The molecule has 1 amide bonds. The Balaban J connectivity index is 1.66. The molecule has 4 aromatic rings.